The van der Waals surface area contributed by atoms with Gasteiger partial charge in [0.1, 0.15) is 11.4 Å². The lowest BCUT2D eigenvalue weighted by Crippen LogP contribution is -2.36. The van der Waals surface area contributed by atoms with E-state index in [1.165, 1.54) is 13.2 Å². The Balaban J connectivity index is 2.53. The third-order valence-corrected chi connectivity index (χ3v) is 3.11. The molecule has 108 valence electrons. The number of anilines is 1. The Morgan fingerprint density at radius 3 is 2.60 bits per heavy atom. The van der Waals surface area contributed by atoms with E-state index in [1.807, 2.05) is 4.90 Å². The number of morpholine rings is 1. The lowest BCUT2D eigenvalue weighted by Gasteiger charge is -2.28. The van der Waals surface area contributed by atoms with Crippen molar-refractivity contribution in [1.29, 1.82) is 0 Å². The first kappa shape index (κ1) is 14.1. The van der Waals surface area contributed by atoms with E-state index in [-0.39, 0.29) is 17.0 Å². The Labute approximate surface area is 115 Å². The van der Waals surface area contributed by atoms with Crippen molar-refractivity contribution < 1.29 is 19.2 Å². The number of ether oxygens (including phenoxy) is 2. The molecule has 2 N–H and O–H groups in total. The van der Waals surface area contributed by atoms with Crippen LogP contribution in [0.25, 0.3) is 0 Å². The second-order valence-electron chi connectivity index (χ2n) is 4.26. The van der Waals surface area contributed by atoms with Crippen LogP contribution in [0.2, 0.25) is 0 Å². The highest BCUT2D eigenvalue weighted by Crippen LogP contribution is 2.35. The van der Waals surface area contributed by atoms with Gasteiger partial charge in [-0.2, -0.15) is 0 Å². The number of benzene rings is 1. The molecule has 0 saturated carbocycles. The molecular formula is C12H15N3O5. The number of hydrogen-bond donors (Lipinski definition) is 1. The number of nitrogens with two attached hydrogens (primary N) is 1. The highest BCUT2D eigenvalue weighted by atomic mass is 16.6. The van der Waals surface area contributed by atoms with Crippen molar-refractivity contribution in [3.8, 4) is 5.75 Å². The normalized spacial score (nSPS) is 14.9. The van der Waals surface area contributed by atoms with Crippen LogP contribution in [0.15, 0.2) is 12.1 Å². The number of primary amides is 1. The largest absolute Gasteiger partial charge is 0.496 e. The van der Waals surface area contributed by atoms with E-state index in [2.05, 4.69) is 0 Å². The van der Waals surface area contributed by atoms with Crippen molar-refractivity contribution in [2.24, 2.45) is 5.73 Å². The van der Waals surface area contributed by atoms with E-state index < -0.39 is 10.8 Å². The molecule has 1 aromatic rings. The highest BCUT2D eigenvalue weighted by Gasteiger charge is 2.26. The highest BCUT2D eigenvalue weighted by molar-refractivity contribution is 5.97. The van der Waals surface area contributed by atoms with Gasteiger partial charge in [-0.15, -0.1) is 0 Å². The molecule has 0 radical (unpaired) electrons. The van der Waals surface area contributed by atoms with E-state index in [1.54, 1.807) is 0 Å². The average Bonchev–Trinajstić information content (AvgIpc) is 2.46. The molecule has 1 amide bonds. The lowest BCUT2D eigenvalue weighted by atomic mass is 10.1. The molecule has 0 aliphatic carbocycles. The van der Waals surface area contributed by atoms with Crippen molar-refractivity contribution in [3.63, 3.8) is 0 Å². The molecule has 0 aromatic heterocycles. The number of nitro benzene ring substituents is 1. The van der Waals surface area contributed by atoms with Gasteiger partial charge < -0.3 is 20.1 Å². The molecule has 0 spiro atoms. The molecule has 1 aliphatic rings. The maximum atomic E-state index is 11.3. The summed E-state index contributed by atoms with van der Waals surface area (Å²) >= 11 is 0. The zero-order valence-electron chi connectivity index (χ0n) is 11.0. The van der Waals surface area contributed by atoms with E-state index in [4.69, 9.17) is 15.2 Å². The van der Waals surface area contributed by atoms with Crippen LogP contribution in [0, 0.1) is 10.1 Å². The van der Waals surface area contributed by atoms with Crippen LogP contribution in [0.3, 0.4) is 0 Å². The zero-order valence-corrected chi connectivity index (χ0v) is 11.0. The summed E-state index contributed by atoms with van der Waals surface area (Å²) in [4.78, 5) is 23.8. The number of nitro groups is 1. The molecule has 0 bridgehead atoms. The van der Waals surface area contributed by atoms with Gasteiger partial charge in [0, 0.05) is 25.2 Å². The molecule has 8 nitrogen and oxygen atoms in total. The number of carbonyl (C=O) groups is 1. The van der Waals surface area contributed by atoms with Crippen molar-refractivity contribution in [3.05, 3.63) is 27.8 Å². The van der Waals surface area contributed by atoms with Gasteiger partial charge in [-0.1, -0.05) is 0 Å². The number of amides is 1. The fraction of sp³-hybridized carbons (Fsp3) is 0.417. The number of carbonyl (C=O) groups excluding carboxylic acids is 1. The molecule has 1 aliphatic heterocycles. The third-order valence-electron chi connectivity index (χ3n) is 3.11. The second kappa shape index (κ2) is 5.74. The van der Waals surface area contributed by atoms with Gasteiger partial charge in [0.05, 0.1) is 30.8 Å². The molecule has 8 heteroatoms. The van der Waals surface area contributed by atoms with Crippen LogP contribution >= 0.6 is 0 Å². The molecule has 1 fully saturated rings. The van der Waals surface area contributed by atoms with Gasteiger partial charge in [0.25, 0.3) is 11.6 Å². The van der Waals surface area contributed by atoms with Crippen molar-refractivity contribution >= 4 is 17.3 Å². The minimum Gasteiger partial charge on any atom is -0.496 e. The van der Waals surface area contributed by atoms with Crippen LogP contribution in [0.4, 0.5) is 11.4 Å². The number of hydrogen-bond acceptors (Lipinski definition) is 6. The standard InChI is InChI=1S/C12H15N3O5/c1-19-11-7-9(14-2-4-20-5-3-14)10(15(17)18)6-8(11)12(13)16/h6-7H,2-5H2,1H3,(H2,13,16). The summed E-state index contributed by atoms with van der Waals surface area (Å²) in [7, 11) is 1.39. The van der Waals surface area contributed by atoms with E-state index >= 15 is 0 Å². The van der Waals surface area contributed by atoms with Gasteiger partial charge in [-0.25, -0.2) is 0 Å². The molecule has 20 heavy (non-hydrogen) atoms. The Hall–Kier alpha value is -2.35. The van der Waals surface area contributed by atoms with Gasteiger partial charge >= 0.3 is 0 Å². The third kappa shape index (κ3) is 2.64. The van der Waals surface area contributed by atoms with Crippen LogP contribution in [0.1, 0.15) is 10.4 Å². The quantitative estimate of drug-likeness (QED) is 0.637. The minimum atomic E-state index is -0.765. The molecule has 2 rings (SSSR count). The molecule has 1 saturated heterocycles. The fourth-order valence-corrected chi connectivity index (χ4v) is 2.12. The molecule has 1 heterocycles. The topological polar surface area (TPSA) is 108 Å². The molecule has 1 aromatic carbocycles. The second-order valence-corrected chi connectivity index (χ2v) is 4.26. The zero-order chi connectivity index (χ0) is 14.7. The summed E-state index contributed by atoms with van der Waals surface area (Å²) in [5.41, 5.74) is 5.45. The molecule has 0 unspecified atom stereocenters. The first-order chi connectivity index (χ1) is 9.54. The molecule has 0 atom stereocenters. The van der Waals surface area contributed by atoms with Gasteiger partial charge in [-0.3, -0.25) is 14.9 Å². The SMILES string of the molecule is COc1cc(N2CCOCC2)c([N+](=O)[O-])cc1C(N)=O. The molecular weight excluding hydrogens is 266 g/mol. The van der Waals surface area contributed by atoms with Crippen molar-refractivity contribution in [2.45, 2.75) is 0 Å². The Kier molecular flexibility index (Phi) is 4.04. The minimum absolute atomic E-state index is 0.00351. The van der Waals surface area contributed by atoms with Crippen molar-refractivity contribution in [1.82, 2.24) is 0 Å². The van der Waals surface area contributed by atoms with Crippen LogP contribution < -0.4 is 15.4 Å². The summed E-state index contributed by atoms with van der Waals surface area (Å²) in [6.45, 7) is 2.08. The fourth-order valence-electron chi connectivity index (χ4n) is 2.12. The van der Waals surface area contributed by atoms with Crippen LogP contribution in [-0.4, -0.2) is 44.2 Å². The first-order valence-electron chi connectivity index (χ1n) is 6.03. The first-order valence-corrected chi connectivity index (χ1v) is 6.03. The van der Waals surface area contributed by atoms with Gasteiger partial charge in [-0.05, 0) is 0 Å². The monoisotopic (exact) mass is 281 g/mol. The lowest BCUT2D eigenvalue weighted by molar-refractivity contribution is -0.384. The number of nitrogens with zero attached hydrogens (tertiary/aromatic N) is 2. The summed E-state index contributed by atoms with van der Waals surface area (Å²) in [6.07, 6.45) is 0. The van der Waals surface area contributed by atoms with Crippen molar-refractivity contribution in [2.75, 3.05) is 38.3 Å². The van der Waals surface area contributed by atoms with Gasteiger partial charge in [0.2, 0.25) is 0 Å². The predicted octanol–water partition coefficient (Wildman–Crippen LogP) is 0.539. The predicted molar refractivity (Wildman–Crippen MR) is 71.2 cm³/mol. The number of rotatable bonds is 4. The Bertz CT molecular complexity index is 540. The number of methoxy groups -OCH3 is 1. The maximum Gasteiger partial charge on any atom is 0.293 e. The average molecular weight is 281 g/mol. The van der Waals surface area contributed by atoms with E-state index in [0.29, 0.717) is 32.0 Å². The van der Waals surface area contributed by atoms with Crippen LogP contribution in [0.5, 0.6) is 5.75 Å². The summed E-state index contributed by atoms with van der Waals surface area (Å²) in [5, 5.41) is 11.2. The summed E-state index contributed by atoms with van der Waals surface area (Å²) < 4.78 is 10.3. The van der Waals surface area contributed by atoms with Gasteiger partial charge in [0.15, 0.2) is 0 Å². The maximum absolute atomic E-state index is 11.3. The van der Waals surface area contributed by atoms with Crippen LogP contribution in [-0.2, 0) is 4.74 Å². The summed E-state index contributed by atoms with van der Waals surface area (Å²) in [6, 6.07) is 2.63. The van der Waals surface area contributed by atoms with E-state index in [9.17, 15) is 14.9 Å². The summed E-state index contributed by atoms with van der Waals surface area (Å²) in [5.74, 6) is -0.539. The smallest absolute Gasteiger partial charge is 0.293 e. The Morgan fingerprint density at radius 2 is 2.10 bits per heavy atom. The Morgan fingerprint density at radius 1 is 1.45 bits per heavy atom. The van der Waals surface area contributed by atoms with E-state index in [0.717, 1.165) is 6.07 Å².